The number of ether oxygens (including phenoxy) is 1. The lowest BCUT2D eigenvalue weighted by Crippen LogP contribution is -2.34. The second-order valence-corrected chi connectivity index (χ2v) is 5.63. The summed E-state index contributed by atoms with van der Waals surface area (Å²) < 4.78 is 5.49. The van der Waals surface area contributed by atoms with Gasteiger partial charge in [-0.1, -0.05) is 30.3 Å². The molecule has 1 heterocycles. The molecule has 2 N–H and O–H groups in total. The molecule has 3 rings (SSSR count). The Kier molecular flexibility index (Phi) is 5.55. The Morgan fingerprint density at radius 1 is 1.19 bits per heavy atom. The van der Waals surface area contributed by atoms with Gasteiger partial charge in [0.2, 0.25) is 5.82 Å². The summed E-state index contributed by atoms with van der Waals surface area (Å²) in [5.41, 5.74) is 1.64. The van der Waals surface area contributed by atoms with E-state index >= 15 is 0 Å². The molecule has 2 aromatic carbocycles. The van der Waals surface area contributed by atoms with E-state index in [1.54, 1.807) is 31.3 Å². The SMILES string of the molecule is Cn1nnc(-c2ccc(OCC(=O)N[C@H](CO)c3ccccc3)cc2)n1. The third kappa shape index (κ3) is 4.42. The van der Waals surface area contributed by atoms with E-state index in [0.29, 0.717) is 11.6 Å². The van der Waals surface area contributed by atoms with Crippen LogP contribution in [0.1, 0.15) is 11.6 Å². The number of tetrazole rings is 1. The molecule has 0 saturated carbocycles. The maximum Gasteiger partial charge on any atom is 0.258 e. The van der Waals surface area contributed by atoms with E-state index in [-0.39, 0.29) is 19.1 Å². The molecule has 0 fully saturated rings. The Hall–Kier alpha value is -3.26. The van der Waals surface area contributed by atoms with Gasteiger partial charge in [-0.2, -0.15) is 4.80 Å². The van der Waals surface area contributed by atoms with Crippen molar-refractivity contribution in [3.05, 3.63) is 60.2 Å². The molecular weight excluding hydrogens is 334 g/mol. The molecule has 0 aliphatic rings. The Bertz CT molecular complexity index is 849. The summed E-state index contributed by atoms with van der Waals surface area (Å²) in [5.74, 6) is 0.756. The Labute approximate surface area is 150 Å². The van der Waals surface area contributed by atoms with Crippen LogP contribution in [-0.4, -0.2) is 44.4 Å². The van der Waals surface area contributed by atoms with Crippen LogP contribution in [0.15, 0.2) is 54.6 Å². The highest BCUT2D eigenvalue weighted by Crippen LogP contribution is 2.18. The fraction of sp³-hybridized carbons (Fsp3) is 0.222. The van der Waals surface area contributed by atoms with E-state index in [1.807, 2.05) is 30.3 Å². The van der Waals surface area contributed by atoms with Crippen LogP contribution in [0.2, 0.25) is 0 Å². The van der Waals surface area contributed by atoms with Crippen molar-refractivity contribution >= 4 is 5.91 Å². The highest BCUT2D eigenvalue weighted by molar-refractivity contribution is 5.78. The van der Waals surface area contributed by atoms with Crippen LogP contribution in [-0.2, 0) is 11.8 Å². The van der Waals surface area contributed by atoms with Crippen molar-refractivity contribution in [1.29, 1.82) is 0 Å². The summed E-state index contributed by atoms with van der Waals surface area (Å²) >= 11 is 0. The van der Waals surface area contributed by atoms with Gasteiger partial charge in [-0.15, -0.1) is 10.2 Å². The zero-order valence-corrected chi connectivity index (χ0v) is 14.2. The van der Waals surface area contributed by atoms with Gasteiger partial charge < -0.3 is 15.2 Å². The van der Waals surface area contributed by atoms with Crippen molar-refractivity contribution in [2.75, 3.05) is 13.2 Å². The summed E-state index contributed by atoms with van der Waals surface area (Å²) in [6.45, 7) is -0.332. The van der Waals surface area contributed by atoms with E-state index in [1.165, 1.54) is 4.80 Å². The summed E-state index contributed by atoms with van der Waals surface area (Å²) in [5, 5.41) is 24.1. The monoisotopic (exact) mass is 353 g/mol. The van der Waals surface area contributed by atoms with E-state index in [2.05, 4.69) is 20.7 Å². The summed E-state index contributed by atoms with van der Waals surface area (Å²) in [6, 6.07) is 15.9. The minimum absolute atomic E-state index is 0.147. The maximum absolute atomic E-state index is 12.1. The first kappa shape index (κ1) is 17.6. The predicted molar refractivity (Wildman–Crippen MR) is 94.1 cm³/mol. The first-order valence-corrected chi connectivity index (χ1v) is 8.08. The molecular formula is C18H19N5O3. The number of carbonyl (C=O) groups excluding carboxylic acids is 1. The maximum atomic E-state index is 12.1. The van der Waals surface area contributed by atoms with Gasteiger partial charge in [0, 0.05) is 5.56 Å². The number of hydrogen-bond donors (Lipinski definition) is 2. The Morgan fingerprint density at radius 2 is 1.92 bits per heavy atom. The topological polar surface area (TPSA) is 102 Å². The Morgan fingerprint density at radius 3 is 2.54 bits per heavy atom. The predicted octanol–water partition coefficient (Wildman–Crippen LogP) is 1.11. The average Bonchev–Trinajstić information content (AvgIpc) is 3.12. The van der Waals surface area contributed by atoms with Crippen molar-refractivity contribution in [2.24, 2.45) is 7.05 Å². The normalized spacial score (nSPS) is 11.8. The summed E-state index contributed by atoms with van der Waals surface area (Å²) in [7, 11) is 1.70. The summed E-state index contributed by atoms with van der Waals surface area (Å²) in [6.07, 6.45) is 0. The second kappa shape index (κ2) is 8.21. The summed E-state index contributed by atoms with van der Waals surface area (Å²) in [4.78, 5) is 13.5. The number of nitrogens with zero attached hydrogens (tertiary/aromatic N) is 4. The lowest BCUT2D eigenvalue weighted by Gasteiger charge is -2.17. The van der Waals surface area contributed by atoms with Gasteiger partial charge in [-0.05, 0) is 35.0 Å². The van der Waals surface area contributed by atoms with Crippen LogP contribution >= 0.6 is 0 Å². The quantitative estimate of drug-likeness (QED) is 0.660. The number of hydrogen-bond acceptors (Lipinski definition) is 6. The largest absolute Gasteiger partial charge is 0.484 e. The average molecular weight is 353 g/mol. The molecule has 134 valence electrons. The standard InChI is InChI=1S/C18H19N5O3/c1-23-21-18(20-22-23)14-7-9-15(10-8-14)26-12-17(25)19-16(11-24)13-5-3-2-4-6-13/h2-10,16,24H,11-12H2,1H3,(H,19,25)/t16-/m1/s1. The zero-order chi connectivity index (χ0) is 18.4. The third-order valence-corrected chi connectivity index (χ3v) is 3.71. The van der Waals surface area contributed by atoms with Crippen LogP contribution in [0.3, 0.4) is 0 Å². The van der Waals surface area contributed by atoms with Gasteiger partial charge >= 0.3 is 0 Å². The fourth-order valence-corrected chi connectivity index (χ4v) is 2.40. The van der Waals surface area contributed by atoms with Crippen LogP contribution in [0.4, 0.5) is 0 Å². The number of nitrogens with one attached hydrogen (secondary N) is 1. The van der Waals surface area contributed by atoms with E-state index in [4.69, 9.17) is 4.74 Å². The molecule has 0 radical (unpaired) electrons. The second-order valence-electron chi connectivity index (χ2n) is 5.63. The number of rotatable bonds is 7. The Balaban J connectivity index is 1.54. The molecule has 1 atom stereocenters. The van der Waals surface area contributed by atoms with Gasteiger partial charge in [0.05, 0.1) is 19.7 Å². The number of aromatic nitrogens is 4. The number of carbonyl (C=O) groups is 1. The molecule has 0 unspecified atom stereocenters. The molecule has 0 aliphatic heterocycles. The number of aliphatic hydroxyl groups is 1. The van der Waals surface area contributed by atoms with Crippen molar-refractivity contribution in [1.82, 2.24) is 25.5 Å². The molecule has 0 saturated heterocycles. The molecule has 1 amide bonds. The van der Waals surface area contributed by atoms with Gasteiger partial charge in [0.1, 0.15) is 5.75 Å². The van der Waals surface area contributed by atoms with Crippen molar-refractivity contribution in [2.45, 2.75) is 6.04 Å². The molecule has 1 aromatic heterocycles. The van der Waals surface area contributed by atoms with E-state index in [9.17, 15) is 9.90 Å². The van der Waals surface area contributed by atoms with Gasteiger partial charge in [-0.3, -0.25) is 4.79 Å². The number of aryl methyl sites for hydroxylation is 1. The van der Waals surface area contributed by atoms with Crippen molar-refractivity contribution in [3.8, 4) is 17.1 Å². The van der Waals surface area contributed by atoms with Crippen LogP contribution in [0.25, 0.3) is 11.4 Å². The first-order chi connectivity index (χ1) is 12.7. The number of amides is 1. The van der Waals surface area contributed by atoms with Crippen LogP contribution in [0.5, 0.6) is 5.75 Å². The molecule has 8 nitrogen and oxygen atoms in total. The smallest absolute Gasteiger partial charge is 0.258 e. The lowest BCUT2D eigenvalue weighted by molar-refractivity contribution is -0.124. The molecule has 0 spiro atoms. The minimum atomic E-state index is -0.461. The number of benzene rings is 2. The van der Waals surface area contributed by atoms with Crippen LogP contribution < -0.4 is 10.1 Å². The fourth-order valence-electron chi connectivity index (χ4n) is 2.40. The highest BCUT2D eigenvalue weighted by atomic mass is 16.5. The number of aliphatic hydroxyl groups excluding tert-OH is 1. The van der Waals surface area contributed by atoms with Gasteiger partial charge in [0.15, 0.2) is 6.61 Å². The third-order valence-electron chi connectivity index (χ3n) is 3.71. The molecule has 26 heavy (non-hydrogen) atoms. The van der Waals surface area contributed by atoms with E-state index < -0.39 is 6.04 Å². The van der Waals surface area contributed by atoms with Gasteiger partial charge in [0.25, 0.3) is 5.91 Å². The first-order valence-electron chi connectivity index (χ1n) is 8.08. The van der Waals surface area contributed by atoms with Crippen LogP contribution in [0, 0.1) is 0 Å². The molecule has 0 aliphatic carbocycles. The van der Waals surface area contributed by atoms with Gasteiger partial charge in [-0.25, -0.2) is 0 Å². The van der Waals surface area contributed by atoms with Crippen molar-refractivity contribution < 1.29 is 14.6 Å². The van der Waals surface area contributed by atoms with Crippen molar-refractivity contribution in [3.63, 3.8) is 0 Å². The molecule has 3 aromatic rings. The molecule has 8 heteroatoms. The molecule has 0 bridgehead atoms. The lowest BCUT2D eigenvalue weighted by atomic mass is 10.1. The highest BCUT2D eigenvalue weighted by Gasteiger charge is 2.13. The zero-order valence-electron chi connectivity index (χ0n) is 14.2. The van der Waals surface area contributed by atoms with E-state index in [0.717, 1.165) is 11.1 Å². The minimum Gasteiger partial charge on any atom is -0.484 e.